The van der Waals surface area contributed by atoms with E-state index < -0.39 is 5.76 Å². The molecule has 0 saturated carbocycles. The Labute approximate surface area is 79.1 Å². The first kappa shape index (κ1) is 11.8. The summed E-state index contributed by atoms with van der Waals surface area (Å²) >= 11 is 12.2. The molecule has 0 amide bonds. The van der Waals surface area contributed by atoms with E-state index in [0.717, 1.165) is 0 Å². The highest BCUT2D eigenvalue weighted by Gasteiger charge is 2.29. The van der Waals surface area contributed by atoms with Gasteiger partial charge in [-0.15, -0.1) is 0 Å². The van der Waals surface area contributed by atoms with Crippen LogP contribution in [-0.4, -0.2) is 11.2 Å². The van der Waals surface area contributed by atoms with Gasteiger partial charge < -0.3 is 0 Å². The van der Waals surface area contributed by atoms with Gasteiger partial charge in [-0.05, 0) is 13.8 Å². The van der Waals surface area contributed by atoms with E-state index in [0.29, 0.717) is 0 Å². The topological polar surface area (TPSA) is 12.4 Å². The number of hydrogen-bond donors (Lipinski definition) is 0. The van der Waals surface area contributed by atoms with Crippen LogP contribution in [0.25, 0.3) is 0 Å². The average molecular weight is 216 g/mol. The van der Waals surface area contributed by atoms with Crippen molar-refractivity contribution in [2.75, 3.05) is 0 Å². The standard InChI is InChI=1S/C7H16Cl2NP/c1-6(2)10-11(8,9)7(3,4)5/h6H,1-5H3. The molecule has 0 bridgehead atoms. The van der Waals surface area contributed by atoms with Crippen LogP contribution in [0.5, 0.6) is 0 Å². The summed E-state index contributed by atoms with van der Waals surface area (Å²) in [6.45, 7) is 10.0. The molecule has 0 saturated heterocycles. The third-order valence-electron chi connectivity index (χ3n) is 1.18. The molecule has 0 unspecified atom stereocenters. The Balaban J connectivity index is 4.73. The van der Waals surface area contributed by atoms with Crippen LogP contribution >= 0.6 is 28.2 Å². The molecule has 0 fully saturated rings. The molecule has 0 heterocycles. The van der Waals surface area contributed by atoms with Crippen molar-refractivity contribution in [1.29, 1.82) is 0 Å². The lowest BCUT2D eigenvalue weighted by Gasteiger charge is -2.25. The number of hydrogen-bond acceptors (Lipinski definition) is 1. The molecule has 0 spiro atoms. The molecular formula is C7H16Cl2NP. The van der Waals surface area contributed by atoms with Crippen LogP contribution in [0.1, 0.15) is 34.6 Å². The van der Waals surface area contributed by atoms with Gasteiger partial charge in [-0.3, -0.25) is 4.74 Å². The predicted octanol–water partition coefficient (Wildman–Crippen LogP) is 4.70. The smallest absolute Gasteiger partial charge is 0.142 e. The largest absolute Gasteiger partial charge is 0.270 e. The Kier molecular flexibility index (Phi) is 3.95. The molecule has 0 aliphatic rings. The van der Waals surface area contributed by atoms with E-state index in [2.05, 4.69) is 4.74 Å². The first-order chi connectivity index (χ1) is 4.67. The lowest BCUT2D eigenvalue weighted by molar-refractivity contribution is 0.775. The van der Waals surface area contributed by atoms with E-state index in [-0.39, 0.29) is 11.2 Å². The summed E-state index contributed by atoms with van der Waals surface area (Å²) < 4.78 is 4.32. The summed E-state index contributed by atoms with van der Waals surface area (Å²) in [5, 5.41) is -0.0968. The summed E-state index contributed by atoms with van der Waals surface area (Å²) in [5.41, 5.74) is 0. The first-order valence-electron chi connectivity index (χ1n) is 3.67. The van der Waals surface area contributed by atoms with E-state index in [1.807, 2.05) is 34.6 Å². The fraction of sp³-hybridized carbons (Fsp3) is 1.00. The molecule has 4 heteroatoms. The average Bonchev–Trinajstić information content (AvgIpc) is 1.56. The Morgan fingerprint density at radius 2 is 1.55 bits per heavy atom. The Morgan fingerprint density at radius 3 is 1.64 bits per heavy atom. The molecule has 0 rings (SSSR count). The predicted molar refractivity (Wildman–Crippen MR) is 55.9 cm³/mol. The lowest BCUT2D eigenvalue weighted by atomic mass is 10.3. The van der Waals surface area contributed by atoms with Gasteiger partial charge in [0.2, 0.25) is 0 Å². The van der Waals surface area contributed by atoms with Gasteiger partial charge in [-0.25, -0.2) is 0 Å². The van der Waals surface area contributed by atoms with Crippen molar-refractivity contribution < 1.29 is 0 Å². The summed E-state index contributed by atoms with van der Waals surface area (Å²) in [7, 11) is 0. The van der Waals surface area contributed by atoms with Crippen molar-refractivity contribution in [1.82, 2.24) is 0 Å². The number of nitrogens with zero attached hydrogens (tertiary/aromatic N) is 1. The molecule has 0 aliphatic heterocycles. The van der Waals surface area contributed by atoms with Crippen LogP contribution in [0.3, 0.4) is 0 Å². The van der Waals surface area contributed by atoms with Gasteiger partial charge in [0.1, 0.15) is 5.76 Å². The summed E-state index contributed by atoms with van der Waals surface area (Å²) in [6, 6.07) is 0.220. The van der Waals surface area contributed by atoms with Gasteiger partial charge in [0.15, 0.2) is 0 Å². The fourth-order valence-electron chi connectivity index (χ4n) is 0.463. The molecular weight excluding hydrogens is 200 g/mol. The molecule has 0 aromatic rings. The first-order valence-corrected chi connectivity index (χ1v) is 7.23. The number of halogens is 2. The molecule has 0 aromatic heterocycles. The fourth-order valence-corrected chi connectivity index (χ4v) is 2.44. The van der Waals surface area contributed by atoms with Crippen molar-refractivity contribution >= 4 is 28.2 Å². The van der Waals surface area contributed by atoms with E-state index in [1.54, 1.807) is 0 Å². The van der Waals surface area contributed by atoms with Crippen molar-refractivity contribution in [2.45, 2.75) is 45.8 Å². The second-order valence-electron chi connectivity index (χ2n) is 3.86. The lowest BCUT2D eigenvalue weighted by Crippen LogP contribution is -2.09. The summed E-state index contributed by atoms with van der Waals surface area (Å²) in [5.74, 6) is -2.11. The van der Waals surface area contributed by atoms with Crippen LogP contribution in [0.2, 0.25) is 0 Å². The molecule has 0 atom stereocenters. The highest BCUT2D eigenvalue weighted by molar-refractivity contribution is 8.11. The zero-order valence-corrected chi connectivity index (χ0v) is 10.1. The minimum absolute atomic E-state index is 0.0968. The van der Waals surface area contributed by atoms with Gasteiger partial charge in [0.25, 0.3) is 0 Å². The maximum atomic E-state index is 6.12. The Morgan fingerprint density at radius 1 is 1.18 bits per heavy atom. The molecule has 1 nitrogen and oxygen atoms in total. The highest BCUT2D eigenvalue weighted by atomic mass is 35.9. The van der Waals surface area contributed by atoms with Gasteiger partial charge in [0.05, 0.1) is 0 Å². The summed E-state index contributed by atoms with van der Waals surface area (Å²) in [6.07, 6.45) is 0. The SMILES string of the molecule is CC(C)N=P(Cl)(Cl)C(C)(C)C. The maximum absolute atomic E-state index is 6.12. The van der Waals surface area contributed by atoms with E-state index in [9.17, 15) is 0 Å². The Bertz CT molecular complexity index is 175. The molecule has 0 aliphatic carbocycles. The minimum Gasteiger partial charge on any atom is -0.270 e. The monoisotopic (exact) mass is 215 g/mol. The van der Waals surface area contributed by atoms with Crippen LogP contribution in [0, 0.1) is 0 Å². The van der Waals surface area contributed by atoms with Crippen molar-refractivity contribution in [3.63, 3.8) is 0 Å². The molecule has 0 aromatic carbocycles. The van der Waals surface area contributed by atoms with Crippen LogP contribution in [0.15, 0.2) is 4.74 Å². The van der Waals surface area contributed by atoms with Crippen LogP contribution in [0.4, 0.5) is 0 Å². The molecule has 11 heavy (non-hydrogen) atoms. The van der Waals surface area contributed by atoms with Crippen molar-refractivity contribution in [3.8, 4) is 0 Å². The van der Waals surface area contributed by atoms with Gasteiger partial charge in [-0.1, -0.05) is 43.3 Å². The maximum Gasteiger partial charge on any atom is 0.142 e. The third-order valence-corrected chi connectivity index (χ3v) is 7.12. The van der Waals surface area contributed by atoms with Crippen LogP contribution < -0.4 is 0 Å². The highest BCUT2D eigenvalue weighted by Crippen LogP contribution is 2.69. The van der Waals surface area contributed by atoms with Crippen molar-refractivity contribution in [3.05, 3.63) is 0 Å². The zero-order valence-electron chi connectivity index (χ0n) is 7.73. The third kappa shape index (κ3) is 3.83. The summed E-state index contributed by atoms with van der Waals surface area (Å²) in [4.78, 5) is 0. The normalized spacial score (nSPS) is 13.8. The van der Waals surface area contributed by atoms with Crippen molar-refractivity contribution in [2.24, 2.45) is 4.74 Å². The minimum atomic E-state index is -2.11. The second-order valence-corrected chi connectivity index (χ2v) is 9.86. The molecule has 0 radical (unpaired) electrons. The zero-order chi connectivity index (χ0) is 9.28. The van der Waals surface area contributed by atoms with Gasteiger partial charge in [0, 0.05) is 11.2 Å². The van der Waals surface area contributed by atoms with E-state index in [1.165, 1.54) is 0 Å². The van der Waals surface area contributed by atoms with Gasteiger partial charge in [-0.2, -0.15) is 0 Å². The van der Waals surface area contributed by atoms with Gasteiger partial charge >= 0.3 is 0 Å². The molecule has 68 valence electrons. The van der Waals surface area contributed by atoms with E-state index >= 15 is 0 Å². The van der Waals surface area contributed by atoms with Crippen LogP contribution in [-0.2, 0) is 0 Å². The quantitative estimate of drug-likeness (QED) is 0.563. The molecule has 0 N–H and O–H groups in total. The second kappa shape index (κ2) is 3.68. The number of rotatable bonds is 1. The Hall–Kier alpha value is 0.810. The van der Waals surface area contributed by atoms with E-state index in [4.69, 9.17) is 22.5 Å².